The Morgan fingerprint density at radius 1 is 1.21 bits per heavy atom. The van der Waals surface area contributed by atoms with E-state index in [2.05, 4.69) is 41.1 Å². The maximum Gasteiger partial charge on any atom is 0.241 e. The molecule has 28 heavy (non-hydrogen) atoms. The van der Waals surface area contributed by atoms with Gasteiger partial charge in [-0.05, 0) is 31.0 Å². The van der Waals surface area contributed by atoms with E-state index in [1.165, 1.54) is 12.0 Å². The second-order valence-electron chi connectivity index (χ2n) is 7.35. The van der Waals surface area contributed by atoms with Crippen LogP contribution in [0, 0.1) is 5.92 Å². The summed E-state index contributed by atoms with van der Waals surface area (Å²) in [7, 11) is 3.56. The molecule has 1 heterocycles. The largest absolute Gasteiger partial charge is 0.347 e. The zero-order valence-electron chi connectivity index (χ0n) is 17.7. The first-order chi connectivity index (χ1) is 13.0. The predicted octanol–water partition coefficient (Wildman–Crippen LogP) is 2.50. The van der Waals surface area contributed by atoms with Gasteiger partial charge in [0.15, 0.2) is 5.96 Å². The topological polar surface area (TPSA) is 51.2 Å². The summed E-state index contributed by atoms with van der Waals surface area (Å²) in [6.07, 6.45) is 1.17. The van der Waals surface area contributed by atoms with E-state index in [1.54, 1.807) is 19.0 Å². The number of carbonyl (C=O) groups excluding carboxylic acids is 1. The number of likely N-dealkylation sites (tertiary alicyclic amines) is 1. The van der Waals surface area contributed by atoms with Crippen molar-refractivity contribution in [1.82, 2.24) is 20.0 Å². The molecule has 1 aromatic rings. The highest BCUT2D eigenvalue weighted by molar-refractivity contribution is 14.0. The minimum atomic E-state index is 0. The van der Waals surface area contributed by atoms with Crippen LogP contribution in [-0.4, -0.2) is 79.9 Å². The molecule has 6 nitrogen and oxygen atoms in total. The number of carbonyl (C=O) groups is 1. The van der Waals surface area contributed by atoms with E-state index in [1.807, 2.05) is 18.2 Å². The van der Waals surface area contributed by atoms with Crippen molar-refractivity contribution < 1.29 is 4.79 Å². The standard InChI is InChI=1S/C21H35N5O.HI/c1-5-25(6-2)16-19-12-13-26(17-19)21(23-15-20(27)24(3)4)22-14-18-10-8-7-9-11-18;/h7-11,19H,5-6,12-17H2,1-4H3,(H,22,23);1H. The van der Waals surface area contributed by atoms with E-state index < -0.39 is 0 Å². The smallest absolute Gasteiger partial charge is 0.241 e. The Balaban J connectivity index is 0.00000392. The van der Waals surface area contributed by atoms with Crippen LogP contribution in [0.5, 0.6) is 0 Å². The Hall–Kier alpha value is -1.35. The fourth-order valence-corrected chi connectivity index (χ4v) is 3.35. The van der Waals surface area contributed by atoms with E-state index in [-0.39, 0.29) is 36.4 Å². The second kappa shape index (κ2) is 13.0. The number of hydrogen-bond donors (Lipinski definition) is 1. The van der Waals surface area contributed by atoms with Crippen LogP contribution in [0.25, 0.3) is 0 Å². The van der Waals surface area contributed by atoms with Gasteiger partial charge >= 0.3 is 0 Å². The first-order valence-corrected chi connectivity index (χ1v) is 10.0. The van der Waals surface area contributed by atoms with E-state index >= 15 is 0 Å². The maximum absolute atomic E-state index is 12.0. The molecule has 0 aromatic heterocycles. The number of nitrogens with one attached hydrogen (secondary N) is 1. The lowest BCUT2D eigenvalue weighted by Crippen LogP contribution is -2.45. The van der Waals surface area contributed by atoms with Crippen molar-refractivity contribution in [2.45, 2.75) is 26.8 Å². The van der Waals surface area contributed by atoms with Crippen molar-refractivity contribution >= 4 is 35.8 Å². The fourth-order valence-electron chi connectivity index (χ4n) is 3.35. The number of hydrogen-bond acceptors (Lipinski definition) is 3. The Kier molecular flexibility index (Phi) is 11.4. The molecular weight excluding hydrogens is 465 g/mol. The first kappa shape index (κ1) is 24.7. The molecule has 1 saturated heterocycles. The average molecular weight is 501 g/mol. The number of guanidine groups is 1. The molecule has 0 aliphatic carbocycles. The molecule has 0 spiro atoms. The van der Waals surface area contributed by atoms with E-state index in [0.29, 0.717) is 12.5 Å². The zero-order chi connectivity index (χ0) is 19.6. The van der Waals surface area contributed by atoms with Crippen molar-refractivity contribution in [3.8, 4) is 0 Å². The SMILES string of the molecule is CCN(CC)CC1CCN(C(=NCc2ccccc2)NCC(=O)N(C)C)C1.I. The Morgan fingerprint density at radius 3 is 2.50 bits per heavy atom. The molecule has 1 amide bonds. The minimum Gasteiger partial charge on any atom is -0.347 e. The van der Waals surface area contributed by atoms with E-state index in [9.17, 15) is 4.79 Å². The quantitative estimate of drug-likeness (QED) is 0.338. The molecule has 1 N–H and O–H groups in total. The molecule has 1 fully saturated rings. The van der Waals surface area contributed by atoms with E-state index in [4.69, 9.17) is 4.99 Å². The molecule has 0 radical (unpaired) electrons. The highest BCUT2D eigenvalue weighted by atomic mass is 127. The Morgan fingerprint density at radius 2 is 1.89 bits per heavy atom. The Bertz CT molecular complexity index is 604. The van der Waals surface area contributed by atoms with Gasteiger partial charge in [0.2, 0.25) is 5.91 Å². The fraction of sp³-hybridized carbons (Fsp3) is 0.619. The number of benzene rings is 1. The van der Waals surface area contributed by atoms with Crippen molar-refractivity contribution in [1.29, 1.82) is 0 Å². The first-order valence-electron chi connectivity index (χ1n) is 10.0. The van der Waals surface area contributed by atoms with E-state index in [0.717, 1.165) is 38.7 Å². The molecule has 0 bridgehead atoms. The number of amides is 1. The molecule has 2 rings (SSSR count). The lowest BCUT2D eigenvalue weighted by atomic mass is 10.1. The second-order valence-corrected chi connectivity index (χ2v) is 7.35. The summed E-state index contributed by atoms with van der Waals surface area (Å²) in [4.78, 5) is 23.2. The van der Waals surface area contributed by atoms with Crippen LogP contribution in [0.4, 0.5) is 0 Å². The normalized spacial score (nSPS) is 16.8. The van der Waals surface area contributed by atoms with Crippen LogP contribution >= 0.6 is 24.0 Å². The summed E-state index contributed by atoms with van der Waals surface area (Å²) in [5.41, 5.74) is 1.18. The third kappa shape index (κ3) is 7.95. The predicted molar refractivity (Wildman–Crippen MR) is 127 cm³/mol. The monoisotopic (exact) mass is 501 g/mol. The van der Waals surface area contributed by atoms with Gasteiger partial charge in [0, 0.05) is 33.7 Å². The molecule has 158 valence electrons. The number of nitrogens with zero attached hydrogens (tertiary/aromatic N) is 4. The van der Waals surface area contributed by atoms with Crippen LogP contribution in [-0.2, 0) is 11.3 Å². The number of likely N-dealkylation sites (N-methyl/N-ethyl adjacent to an activating group) is 1. The summed E-state index contributed by atoms with van der Waals surface area (Å²) in [6.45, 7) is 10.6. The minimum absolute atomic E-state index is 0. The molecule has 1 aliphatic heterocycles. The van der Waals surface area contributed by atoms with Crippen molar-refractivity contribution in [3.63, 3.8) is 0 Å². The van der Waals surface area contributed by atoms with Gasteiger partial charge in [-0.1, -0.05) is 44.2 Å². The summed E-state index contributed by atoms with van der Waals surface area (Å²) in [5.74, 6) is 1.55. The molecule has 1 aliphatic rings. The number of aliphatic imine (C=N–C) groups is 1. The van der Waals surface area contributed by atoms with Gasteiger partial charge in [0.1, 0.15) is 0 Å². The van der Waals surface area contributed by atoms with Gasteiger partial charge < -0.3 is 20.0 Å². The molecule has 7 heteroatoms. The van der Waals surface area contributed by atoms with Crippen LogP contribution in [0.15, 0.2) is 35.3 Å². The highest BCUT2D eigenvalue weighted by Gasteiger charge is 2.26. The van der Waals surface area contributed by atoms with Crippen LogP contribution in [0.2, 0.25) is 0 Å². The van der Waals surface area contributed by atoms with Gasteiger partial charge in [-0.2, -0.15) is 0 Å². The van der Waals surface area contributed by atoms with Gasteiger partial charge in [-0.3, -0.25) is 4.79 Å². The summed E-state index contributed by atoms with van der Waals surface area (Å²) in [6, 6.07) is 10.2. The van der Waals surface area contributed by atoms with Gasteiger partial charge in [0.25, 0.3) is 0 Å². The third-order valence-corrected chi connectivity index (χ3v) is 5.15. The van der Waals surface area contributed by atoms with Crippen molar-refractivity contribution in [2.75, 3.05) is 53.4 Å². The average Bonchev–Trinajstić information content (AvgIpc) is 3.15. The Labute approximate surface area is 187 Å². The zero-order valence-corrected chi connectivity index (χ0v) is 20.1. The maximum atomic E-state index is 12.0. The molecule has 1 atom stereocenters. The summed E-state index contributed by atoms with van der Waals surface area (Å²) in [5, 5.41) is 3.29. The molecule has 1 aromatic carbocycles. The van der Waals surface area contributed by atoms with Crippen LogP contribution in [0.1, 0.15) is 25.8 Å². The summed E-state index contributed by atoms with van der Waals surface area (Å²) >= 11 is 0. The lowest BCUT2D eigenvalue weighted by molar-refractivity contribution is -0.127. The highest BCUT2D eigenvalue weighted by Crippen LogP contribution is 2.18. The number of rotatable bonds is 8. The molecular formula is C21H36IN5O. The van der Waals surface area contributed by atoms with Gasteiger partial charge in [-0.15, -0.1) is 24.0 Å². The molecule has 0 saturated carbocycles. The summed E-state index contributed by atoms with van der Waals surface area (Å²) < 4.78 is 0. The van der Waals surface area contributed by atoms with Gasteiger partial charge in [-0.25, -0.2) is 4.99 Å². The van der Waals surface area contributed by atoms with Gasteiger partial charge in [0.05, 0.1) is 13.1 Å². The third-order valence-electron chi connectivity index (χ3n) is 5.15. The van der Waals surface area contributed by atoms with Crippen LogP contribution < -0.4 is 5.32 Å². The van der Waals surface area contributed by atoms with Crippen molar-refractivity contribution in [3.05, 3.63) is 35.9 Å². The lowest BCUT2D eigenvalue weighted by Gasteiger charge is -2.25. The molecule has 1 unspecified atom stereocenters. The van der Waals surface area contributed by atoms with Crippen molar-refractivity contribution in [2.24, 2.45) is 10.9 Å². The van der Waals surface area contributed by atoms with Crippen LogP contribution in [0.3, 0.4) is 0 Å². The number of halogens is 1.